The molecule has 1 aliphatic heterocycles. The number of fused-ring (bicyclic) bond motifs is 2. The monoisotopic (exact) mass is 598 g/mol. The molecule has 40 heavy (non-hydrogen) atoms. The second-order valence-corrected chi connectivity index (χ2v) is 11.8. The number of nitriles is 1. The lowest BCUT2D eigenvalue weighted by Crippen LogP contribution is -2.47. The summed E-state index contributed by atoms with van der Waals surface area (Å²) in [6.45, 7) is 7.68. The average Bonchev–Trinajstić information content (AvgIpc) is 3.28. The normalized spacial score (nSPS) is 21.2. The van der Waals surface area contributed by atoms with Crippen LogP contribution in [-0.4, -0.2) is 53.5 Å². The first-order valence-corrected chi connectivity index (χ1v) is 13.8. The molecule has 2 fully saturated rings. The number of hydrogen-bond donors (Lipinski definition) is 1. The van der Waals surface area contributed by atoms with Crippen molar-refractivity contribution in [1.82, 2.24) is 29.6 Å². The fourth-order valence-electron chi connectivity index (χ4n) is 5.83. The van der Waals surface area contributed by atoms with Gasteiger partial charge in [0.15, 0.2) is 5.69 Å². The highest BCUT2D eigenvalue weighted by molar-refractivity contribution is 9.10. The highest BCUT2D eigenvalue weighted by atomic mass is 79.9. The smallest absolute Gasteiger partial charge is 0.248 e. The highest BCUT2D eigenvalue weighted by Gasteiger charge is 2.64. The minimum atomic E-state index is -0.608. The van der Waals surface area contributed by atoms with Crippen LogP contribution in [0.2, 0.25) is 0 Å². The van der Waals surface area contributed by atoms with E-state index in [1.807, 2.05) is 45.0 Å². The maximum atomic E-state index is 13.8. The van der Waals surface area contributed by atoms with Crippen molar-refractivity contribution in [2.45, 2.75) is 59.2 Å². The van der Waals surface area contributed by atoms with Crippen molar-refractivity contribution in [3.05, 3.63) is 63.9 Å². The lowest BCUT2D eigenvalue weighted by Gasteiger charge is -2.27. The number of aryl methyl sites for hydroxylation is 3. The predicted molar refractivity (Wildman–Crippen MR) is 152 cm³/mol. The zero-order valence-electron chi connectivity index (χ0n) is 22.6. The molecule has 3 atom stereocenters. The van der Waals surface area contributed by atoms with Crippen LogP contribution < -0.4 is 5.32 Å². The summed E-state index contributed by atoms with van der Waals surface area (Å²) in [6.07, 6.45) is 4.95. The summed E-state index contributed by atoms with van der Waals surface area (Å²) in [5.74, 6) is 0.697. The Morgan fingerprint density at radius 1 is 1.12 bits per heavy atom. The largest absolute Gasteiger partial charge is 0.325 e. The third kappa shape index (κ3) is 4.42. The first kappa shape index (κ1) is 26.1. The molecule has 2 amide bonds. The third-order valence-electron chi connectivity index (χ3n) is 8.07. The molecule has 1 aliphatic carbocycles. The van der Waals surface area contributed by atoms with Crippen molar-refractivity contribution in [2.24, 2.45) is 5.41 Å². The average molecular weight is 599 g/mol. The van der Waals surface area contributed by atoms with Gasteiger partial charge in [-0.3, -0.25) is 14.3 Å². The summed E-state index contributed by atoms with van der Waals surface area (Å²) in [5.41, 5.74) is 4.29. The standard InChI is InChI=1S/C29H27BrN8O2/c1-15-5-6-24(30)34-27(15)35-28(40)22-9-29(4)10-23(29)38(22)25(39)14-37-26-16(2)7-18(8-20(26)21(11-31)36-37)19-12-32-17(3)33-13-19/h5-8,12-13,22-23H,9-10,14H2,1-4H3,(H,34,35,40). The molecule has 2 aliphatic rings. The first-order valence-electron chi connectivity index (χ1n) is 13.0. The summed E-state index contributed by atoms with van der Waals surface area (Å²) in [6, 6.07) is 9.12. The number of benzene rings is 1. The highest BCUT2D eigenvalue weighted by Crippen LogP contribution is 2.59. The topological polar surface area (TPSA) is 130 Å². The third-order valence-corrected chi connectivity index (χ3v) is 8.51. The van der Waals surface area contributed by atoms with Gasteiger partial charge in [0.25, 0.3) is 0 Å². The second kappa shape index (κ2) is 9.48. The lowest BCUT2D eigenvalue weighted by atomic mass is 10.0. The van der Waals surface area contributed by atoms with Gasteiger partial charge < -0.3 is 10.2 Å². The fourth-order valence-corrected chi connectivity index (χ4v) is 6.14. The van der Waals surface area contributed by atoms with Crippen LogP contribution in [0.3, 0.4) is 0 Å². The SMILES string of the molecule is Cc1ncc(-c2cc(C)c3c(c2)c(C#N)nn3CC(=O)N2C(C(=O)Nc3nc(Br)ccc3C)CC3(C)CC23)cn1. The van der Waals surface area contributed by atoms with E-state index in [1.165, 1.54) is 0 Å². The maximum Gasteiger partial charge on any atom is 0.248 e. The number of hydrogen-bond acceptors (Lipinski definition) is 7. The van der Waals surface area contributed by atoms with E-state index in [0.717, 1.165) is 34.2 Å². The molecule has 1 aromatic carbocycles. The minimum absolute atomic E-state index is 0.00110. The van der Waals surface area contributed by atoms with E-state index in [0.29, 0.717) is 28.1 Å². The van der Waals surface area contributed by atoms with E-state index in [4.69, 9.17) is 0 Å². The number of anilines is 1. The molecule has 1 saturated carbocycles. The molecule has 3 unspecified atom stereocenters. The van der Waals surface area contributed by atoms with Gasteiger partial charge in [0.05, 0.1) is 5.52 Å². The Labute approximate surface area is 239 Å². The summed E-state index contributed by atoms with van der Waals surface area (Å²) >= 11 is 3.36. The summed E-state index contributed by atoms with van der Waals surface area (Å²) in [7, 11) is 0. The Morgan fingerprint density at radius 3 is 2.60 bits per heavy atom. The zero-order chi connectivity index (χ0) is 28.3. The number of carbonyl (C=O) groups excluding carboxylic acids is 2. The Bertz CT molecular complexity index is 1740. The molecule has 4 aromatic rings. The molecular formula is C29H27BrN8O2. The van der Waals surface area contributed by atoms with E-state index < -0.39 is 6.04 Å². The van der Waals surface area contributed by atoms with Gasteiger partial charge in [0.2, 0.25) is 11.8 Å². The van der Waals surface area contributed by atoms with Gasteiger partial charge >= 0.3 is 0 Å². The molecule has 1 N–H and O–H groups in total. The molecule has 11 heteroatoms. The van der Waals surface area contributed by atoms with Gasteiger partial charge in [0, 0.05) is 29.4 Å². The maximum absolute atomic E-state index is 13.8. The van der Waals surface area contributed by atoms with Crippen molar-refractivity contribution < 1.29 is 9.59 Å². The number of likely N-dealkylation sites (tertiary alicyclic amines) is 1. The van der Waals surface area contributed by atoms with Crippen LogP contribution in [0, 0.1) is 37.5 Å². The van der Waals surface area contributed by atoms with Crippen LogP contribution in [-0.2, 0) is 16.1 Å². The molecular weight excluding hydrogens is 572 g/mol. The van der Waals surface area contributed by atoms with Crippen molar-refractivity contribution in [1.29, 1.82) is 5.26 Å². The molecule has 10 nitrogen and oxygen atoms in total. The van der Waals surface area contributed by atoms with Crippen molar-refractivity contribution in [2.75, 3.05) is 5.32 Å². The number of rotatable bonds is 5. The molecule has 3 aromatic heterocycles. The van der Waals surface area contributed by atoms with Gasteiger partial charge in [-0.25, -0.2) is 15.0 Å². The first-order chi connectivity index (χ1) is 19.1. The molecule has 0 spiro atoms. The summed E-state index contributed by atoms with van der Waals surface area (Å²) in [5, 5.41) is 17.9. The minimum Gasteiger partial charge on any atom is -0.325 e. The molecule has 4 heterocycles. The van der Waals surface area contributed by atoms with Gasteiger partial charge in [-0.05, 0) is 89.8 Å². The van der Waals surface area contributed by atoms with Gasteiger partial charge in [-0.1, -0.05) is 13.0 Å². The molecule has 6 rings (SSSR count). The summed E-state index contributed by atoms with van der Waals surface area (Å²) in [4.78, 5) is 41.9. The summed E-state index contributed by atoms with van der Waals surface area (Å²) < 4.78 is 2.21. The van der Waals surface area contributed by atoms with Crippen LogP contribution in [0.1, 0.15) is 42.4 Å². The van der Waals surface area contributed by atoms with Crippen LogP contribution in [0.5, 0.6) is 0 Å². The molecule has 0 radical (unpaired) electrons. The van der Waals surface area contributed by atoms with E-state index in [2.05, 4.69) is 54.3 Å². The number of piperidine rings is 1. The van der Waals surface area contributed by atoms with Crippen molar-refractivity contribution in [3.63, 3.8) is 0 Å². The van der Waals surface area contributed by atoms with E-state index in [1.54, 1.807) is 22.0 Å². The number of carbonyl (C=O) groups is 2. The Kier molecular flexibility index (Phi) is 6.18. The number of pyridine rings is 1. The Morgan fingerprint density at radius 2 is 1.88 bits per heavy atom. The van der Waals surface area contributed by atoms with E-state index >= 15 is 0 Å². The van der Waals surface area contributed by atoms with Gasteiger partial charge in [-0.2, -0.15) is 10.4 Å². The molecule has 0 bridgehead atoms. The number of nitrogens with zero attached hydrogens (tertiary/aromatic N) is 7. The predicted octanol–water partition coefficient (Wildman–Crippen LogP) is 4.47. The molecule has 202 valence electrons. The Balaban J connectivity index is 1.30. The van der Waals surface area contributed by atoms with E-state index in [9.17, 15) is 14.9 Å². The zero-order valence-corrected chi connectivity index (χ0v) is 24.2. The van der Waals surface area contributed by atoms with Crippen molar-refractivity contribution in [3.8, 4) is 17.2 Å². The number of nitrogens with one attached hydrogen (secondary N) is 1. The van der Waals surface area contributed by atoms with Crippen LogP contribution in [0.25, 0.3) is 22.0 Å². The second-order valence-electron chi connectivity index (χ2n) is 11.0. The van der Waals surface area contributed by atoms with Gasteiger partial charge in [-0.15, -0.1) is 0 Å². The van der Waals surface area contributed by atoms with Crippen molar-refractivity contribution >= 4 is 44.5 Å². The quantitative estimate of drug-likeness (QED) is 0.335. The molecule has 1 saturated heterocycles. The van der Waals surface area contributed by atoms with E-state index in [-0.39, 0.29) is 35.5 Å². The Hall–Kier alpha value is -4.17. The van der Waals surface area contributed by atoms with Crippen LogP contribution in [0.4, 0.5) is 5.82 Å². The fraction of sp³-hybridized carbons (Fsp3) is 0.345. The van der Waals surface area contributed by atoms with Crippen LogP contribution >= 0.6 is 15.9 Å². The lowest BCUT2D eigenvalue weighted by molar-refractivity contribution is -0.138. The number of halogens is 1. The number of aromatic nitrogens is 5. The van der Waals surface area contributed by atoms with Crippen LogP contribution in [0.15, 0.2) is 41.3 Å². The number of amides is 2. The van der Waals surface area contributed by atoms with Gasteiger partial charge in [0.1, 0.15) is 34.9 Å².